The molecular weight excluding hydrogens is 488 g/mol. The molecule has 2 heteroatoms. The maximum absolute atomic E-state index is 12.3. The van der Waals surface area contributed by atoms with E-state index in [9.17, 15) is 10.2 Å². The van der Waals surface area contributed by atoms with Crippen molar-refractivity contribution in [3.8, 4) is 22.6 Å². The van der Waals surface area contributed by atoms with Gasteiger partial charge in [0.25, 0.3) is 0 Å². The highest BCUT2D eigenvalue weighted by Gasteiger charge is 2.32. The standard InChI is InChI=1S/C38H38O2/c1-19-20(2)24(6)33(23(19)5)31-17-27-13-9-11-15-29(27)35(37(31)39)36-30-16-12-10-14-28(30)18-32(38(36)40)34-25(7)21(3)22(4)26(34)8/h9-18,23,25,39-40H,1-8H3. The lowest BCUT2D eigenvalue weighted by molar-refractivity contribution is 0.468. The fourth-order valence-electron chi connectivity index (χ4n) is 7.19. The van der Waals surface area contributed by atoms with Gasteiger partial charge in [-0.3, -0.25) is 0 Å². The number of fused-ring (bicyclic) bond motifs is 2. The van der Waals surface area contributed by atoms with Crippen LogP contribution in [0.1, 0.15) is 66.5 Å². The maximum Gasteiger partial charge on any atom is 0.131 e. The number of benzene rings is 4. The average molecular weight is 527 g/mol. The molecule has 202 valence electrons. The molecule has 0 saturated heterocycles. The minimum Gasteiger partial charge on any atom is -0.507 e. The second kappa shape index (κ2) is 9.27. The smallest absolute Gasteiger partial charge is 0.131 e. The monoisotopic (exact) mass is 526 g/mol. The van der Waals surface area contributed by atoms with E-state index in [1.165, 1.54) is 33.4 Å². The molecule has 0 spiro atoms. The van der Waals surface area contributed by atoms with E-state index in [0.29, 0.717) is 11.1 Å². The molecule has 0 radical (unpaired) electrons. The van der Waals surface area contributed by atoms with Crippen LogP contribution < -0.4 is 0 Å². The van der Waals surface area contributed by atoms with Gasteiger partial charge in [-0.1, -0.05) is 73.5 Å². The molecule has 0 heterocycles. The van der Waals surface area contributed by atoms with Crippen LogP contribution in [-0.4, -0.2) is 10.2 Å². The van der Waals surface area contributed by atoms with E-state index in [-0.39, 0.29) is 23.3 Å². The molecule has 2 unspecified atom stereocenters. The predicted octanol–water partition coefficient (Wildman–Crippen LogP) is 10.6. The second-order valence-electron chi connectivity index (χ2n) is 11.9. The van der Waals surface area contributed by atoms with Crippen LogP contribution >= 0.6 is 0 Å². The van der Waals surface area contributed by atoms with Gasteiger partial charge in [0.05, 0.1) is 0 Å². The Bertz CT molecular complexity index is 1750. The first-order valence-corrected chi connectivity index (χ1v) is 14.3. The summed E-state index contributed by atoms with van der Waals surface area (Å²) in [6, 6.07) is 20.7. The molecule has 4 aromatic rings. The first kappa shape index (κ1) is 26.2. The van der Waals surface area contributed by atoms with E-state index < -0.39 is 0 Å². The number of aromatic hydroxyl groups is 2. The molecular formula is C38H38O2. The Morgan fingerprint density at radius 2 is 0.850 bits per heavy atom. The van der Waals surface area contributed by atoms with Gasteiger partial charge in [-0.2, -0.15) is 0 Å². The molecule has 2 aliphatic carbocycles. The highest BCUT2D eigenvalue weighted by molar-refractivity contribution is 6.13. The average Bonchev–Trinajstić information content (AvgIpc) is 3.26. The summed E-state index contributed by atoms with van der Waals surface area (Å²) < 4.78 is 0. The summed E-state index contributed by atoms with van der Waals surface area (Å²) in [6.45, 7) is 17.5. The Hall–Kier alpha value is -4.04. The van der Waals surface area contributed by atoms with Crippen LogP contribution in [-0.2, 0) is 0 Å². The molecule has 6 rings (SSSR count). The summed E-state index contributed by atoms with van der Waals surface area (Å²) in [4.78, 5) is 0. The zero-order chi connectivity index (χ0) is 28.6. The third-order valence-electron chi connectivity index (χ3n) is 10.2. The van der Waals surface area contributed by atoms with Gasteiger partial charge < -0.3 is 10.2 Å². The van der Waals surface area contributed by atoms with E-state index in [1.54, 1.807) is 0 Å². The fraction of sp³-hybridized carbons (Fsp3) is 0.263. The highest BCUT2D eigenvalue weighted by atomic mass is 16.3. The predicted molar refractivity (Wildman–Crippen MR) is 170 cm³/mol. The van der Waals surface area contributed by atoms with Gasteiger partial charge in [0.15, 0.2) is 0 Å². The third kappa shape index (κ3) is 3.55. The number of hydrogen-bond acceptors (Lipinski definition) is 2. The Kier molecular flexibility index (Phi) is 6.07. The van der Waals surface area contributed by atoms with E-state index in [0.717, 1.165) is 43.8 Å². The van der Waals surface area contributed by atoms with E-state index in [1.807, 2.05) is 24.3 Å². The summed E-state index contributed by atoms with van der Waals surface area (Å²) in [6.07, 6.45) is 0. The molecule has 2 N–H and O–H groups in total. The molecule has 0 fully saturated rings. The largest absolute Gasteiger partial charge is 0.507 e. The zero-order valence-corrected chi connectivity index (χ0v) is 24.8. The van der Waals surface area contributed by atoms with Crippen LogP contribution in [0.25, 0.3) is 43.8 Å². The van der Waals surface area contributed by atoms with Crippen molar-refractivity contribution >= 4 is 32.7 Å². The van der Waals surface area contributed by atoms with E-state index in [2.05, 4.69) is 91.8 Å². The van der Waals surface area contributed by atoms with Crippen molar-refractivity contribution in [1.29, 1.82) is 0 Å². The van der Waals surface area contributed by atoms with Crippen molar-refractivity contribution in [2.75, 3.05) is 0 Å². The molecule has 0 saturated carbocycles. The number of allylic oxidation sites excluding steroid dienone is 8. The normalized spacial score (nSPS) is 19.8. The number of hydrogen-bond donors (Lipinski definition) is 2. The molecule has 40 heavy (non-hydrogen) atoms. The lowest BCUT2D eigenvalue weighted by Crippen LogP contribution is -2.01. The van der Waals surface area contributed by atoms with E-state index >= 15 is 0 Å². The molecule has 0 bridgehead atoms. The van der Waals surface area contributed by atoms with Crippen LogP contribution in [0.5, 0.6) is 11.5 Å². The molecule has 4 aromatic carbocycles. The van der Waals surface area contributed by atoms with Crippen molar-refractivity contribution in [2.24, 2.45) is 11.8 Å². The first-order valence-electron chi connectivity index (χ1n) is 14.3. The topological polar surface area (TPSA) is 40.5 Å². The maximum atomic E-state index is 12.3. The lowest BCUT2D eigenvalue weighted by Gasteiger charge is -2.23. The zero-order valence-electron chi connectivity index (χ0n) is 24.8. The van der Waals surface area contributed by atoms with Gasteiger partial charge in [-0.05, 0) is 109 Å². The summed E-state index contributed by atoms with van der Waals surface area (Å²) in [5.74, 6) is 0.882. The summed E-state index contributed by atoms with van der Waals surface area (Å²) >= 11 is 0. The number of rotatable bonds is 3. The Morgan fingerprint density at radius 3 is 1.18 bits per heavy atom. The third-order valence-corrected chi connectivity index (χ3v) is 10.2. The molecule has 2 atom stereocenters. The minimum atomic E-state index is 0.209. The minimum absolute atomic E-state index is 0.209. The van der Waals surface area contributed by atoms with Gasteiger partial charge in [0.2, 0.25) is 0 Å². The van der Waals surface area contributed by atoms with Crippen molar-refractivity contribution in [3.63, 3.8) is 0 Å². The van der Waals surface area contributed by atoms with Crippen LogP contribution in [0.4, 0.5) is 0 Å². The molecule has 0 amide bonds. The van der Waals surface area contributed by atoms with Gasteiger partial charge in [-0.15, -0.1) is 0 Å². The van der Waals surface area contributed by atoms with Crippen LogP contribution in [0.2, 0.25) is 0 Å². The van der Waals surface area contributed by atoms with Crippen LogP contribution in [0, 0.1) is 11.8 Å². The quantitative estimate of drug-likeness (QED) is 0.279. The Labute approximate surface area is 237 Å². The van der Waals surface area contributed by atoms with E-state index in [4.69, 9.17) is 0 Å². The molecule has 2 nitrogen and oxygen atoms in total. The van der Waals surface area contributed by atoms with Crippen molar-refractivity contribution in [3.05, 3.63) is 105 Å². The highest BCUT2D eigenvalue weighted by Crippen LogP contribution is 2.54. The molecule has 0 aromatic heterocycles. The van der Waals surface area contributed by atoms with Crippen LogP contribution in [0.3, 0.4) is 0 Å². The van der Waals surface area contributed by atoms with Gasteiger partial charge in [0, 0.05) is 34.1 Å². The SMILES string of the molecule is CC1=C(C)C(C)C(c2cc3ccccc3c(-c3c(O)c(C4=C(C)C(C)=C(C)C4C)cc4ccccc34)c2O)=C1C. The Balaban J connectivity index is 1.75. The lowest BCUT2D eigenvalue weighted by atomic mass is 9.82. The summed E-state index contributed by atoms with van der Waals surface area (Å²) in [5.41, 5.74) is 13.1. The molecule has 0 aliphatic heterocycles. The number of phenolic OH excluding ortho intramolecular Hbond substituents is 2. The van der Waals surface area contributed by atoms with Gasteiger partial charge in [-0.25, -0.2) is 0 Å². The Morgan fingerprint density at radius 1 is 0.500 bits per heavy atom. The fourth-order valence-corrected chi connectivity index (χ4v) is 7.19. The summed E-state index contributed by atoms with van der Waals surface area (Å²) in [7, 11) is 0. The second-order valence-corrected chi connectivity index (χ2v) is 11.9. The van der Waals surface area contributed by atoms with Crippen molar-refractivity contribution in [2.45, 2.75) is 55.4 Å². The first-order chi connectivity index (χ1) is 19.0. The van der Waals surface area contributed by atoms with Crippen LogP contribution in [0.15, 0.2) is 94.1 Å². The van der Waals surface area contributed by atoms with Gasteiger partial charge in [0.1, 0.15) is 11.5 Å². The molecule has 2 aliphatic rings. The van der Waals surface area contributed by atoms with Crippen molar-refractivity contribution in [1.82, 2.24) is 0 Å². The van der Waals surface area contributed by atoms with Gasteiger partial charge >= 0.3 is 0 Å². The van der Waals surface area contributed by atoms with Crippen molar-refractivity contribution < 1.29 is 10.2 Å². The summed E-state index contributed by atoms with van der Waals surface area (Å²) in [5, 5.41) is 28.5. The number of phenols is 2.